The van der Waals surface area contributed by atoms with Gasteiger partial charge in [-0.05, 0) is 49.5 Å². The summed E-state index contributed by atoms with van der Waals surface area (Å²) in [6, 6.07) is 8.32. The zero-order chi connectivity index (χ0) is 23.2. The largest absolute Gasteiger partial charge is 0.411 e. The fraction of sp³-hybridized carbons (Fsp3) is 0.231. The smallest absolute Gasteiger partial charge is 0.152 e. The number of nitrogens with zero attached hydrogens (tertiary/aromatic N) is 5. The highest BCUT2D eigenvalue weighted by Crippen LogP contribution is 2.31. The molecule has 2 heterocycles. The molecule has 0 fully saturated rings. The predicted octanol–water partition coefficient (Wildman–Crippen LogP) is 4.92. The van der Waals surface area contributed by atoms with Gasteiger partial charge in [0.25, 0.3) is 0 Å². The van der Waals surface area contributed by atoms with Crippen LogP contribution in [0.3, 0.4) is 0 Å². The maximum absolute atomic E-state index is 9.22. The van der Waals surface area contributed by atoms with Gasteiger partial charge < -0.3 is 10.5 Å². The summed E-state index contributed by atoms with van der Waals surface area (Å²) in [5, 5.41) is 25.4. The molecule has 0 radical (unpaired) electrons. The normalized spacial score (nSPS) is 19.4. The van der Waals surface area contributed by atoms with Crippen LogP contribution < -0.4 is 5.32 Å². The SMILES string of the molecule is C=CC(C#N)/C=C\C/C(=C\C)C1=C(Nc2ccc3c(c2)CC/C3=N\O)N2C=CN=CC2=NC1. The molecule has 0 saturated carbocycles. The average Bonchev–Trinajstić information content (AvgIpc) is 3.27. The Balaban J connectivity index is 1.67. The average molecular weight is 439 g/mol. The Labute approximate surface area is 193 Å². The van der Waals surface area contributed by atoms with Crippen LogP contribution in [-0.4, -0.2) is 34.4 Å². The summed E-state index contributed by atoms with van der Waals surface area (Å²) in [4.78, 5) is 10.9. The second kappa shape index (κ2) is 9.96. The van der Waals surface area contributed by atoms with Gasteiger partial charge in [0.2, 0.25) is 0 Å². The Morgan fingerprint density at radius 1 is 1.42 bits per heavy atom. The quantitative estimate of drug-likeness (QED) is 0.359. The first-order valence-electron chi connectivity index (χ1n) is 10.9. The van der Waals surface area contributed by atoms with Crippen LogP contribution in [0, 0.1) is 17.2 Å². The van der Waals surface area contributed by atoms with Crippen LogP contribution in [0.5, 0.6) is 0 Å². The van der Waals surface area contributed by atoms with Crippen molar-refractivity contribution in [2.24, 2.45) is 21.1 Å². The molecule has 33 heavy (non-hydrogen) atoms. The monoisotopic (exact) mass is 438 g/mol. The third-order valence-electron chi connectivity index (χ3n) is 5.92. The molecule has 0 saturated heterocycles. The first kappa shape index (κ1) is 22.0. The van der Waals surface area contributed by atoms with Gasteiger partial charge in [0.15, 0.2) is 5.84 Å². The zero-order valence-electron chi connectivity index (χ0n) is 18.6. The number of benzene rings is 1. The minimum Gasteiger partial charge on any atom is -0.411 e. The zero-order valence-corrected chi connectivity index (χ0v) is 18.6. The minimum atomic E-state index is -0.300. The van der Waals surface area contributed by atoms with Gasteiger partial charge in [-0.15, -0.1) is 6.58 Å². The molecule has 7 heteroatoms. The number of anilines is 1. The van der Waals surface area contributed by atoms with Crippen LogP contribution in [0.4, 0.5) is 5.69 Å². The number of fused-ring (bicyclic) bond motifs is 2. The third-order valence-corrected chi connectivity index (χ3v) is 5.92. The Morgan fingerprint density at radius 3 is 3.06 bits per heavy atom. The summed E-state index contributed by atoms with van der Waals surface area (Å²) < 4.78 is 0. The number of hydrogen-bond donors (Lipinski definition) is 2. The van der Waals surface area contributed by atoms with Crippen molar-refractivity contribution in [3.05, 3.63) is 89.6 Å². The number of nitriles is 1. The van der Waals surface area contributed by atoms with E-state index in [1.54, 1.807) is 18.5 Å². The first-order valence-corrected chi connectivity index (χ1v) is 10.9. The lowest BCUT2D eigenvalue weighted by molar-refractivity contribution is 0.318. The molecule has 1 aliphatic carbocycles. The van der Waals surface area contributed by atoms with E-state index in [0.29, 0.717) is 13.0 Å². The lowest BCUT2D eigenvalue weighted by atomic mass is 9.99. The second-order valence-electron chi connectivity index (χ2n) is 7.83. The maximum Gasteiger partial charge on any atom is 0.152 e. The Morgan fingerprint density at radius 2 is 2.30 bits per heavy atom. The van der Waals surface area contributed by atoms with Crippen LogP contribution in [-0.2, 0) is 6.42 Å². The Bertz CT molecular complexity index is 1210. The molecular weight excluding hydrogens is 412 g/mol. The lowest BCUT2D eigenvalue weighted by Gasteiger charge is -2.32. The van der Waals surface area contributed by atoms with Crippen molar-refractivity contribution in [1.82, 2.24) is 4.90 Å². The standard InChI is InChI=1S/C26H26N6O/c1-3-18(15-27)6-5-7-19(4-2)23-16-29-25-17-28-12-13-32(25)26(23)30-21-9-10-22-20(14-21)8-11-24(22)31-33/h3-6,9-10,12-14,17-18,30,33H,1,7-8,11,16H2,2H3/b6-5-,19-4+,31-24+. The van der Waals surface area contributed by atoms with E-state index < -0.39 is 0 Å². The van der Waals surface area contributed by atoms with E-state index in [9.17, 15) is 5.21 Å². The molecule has 1 unspecified atom stereocenters. The van der Waals surface area contributed by atoms with Crippen LogP contribution in [0.15, 0.2) is 93.6 Å². The summed E-state index contributed by atoms with van der Waals surface area (Å²) in [5.41, 5.74) is 6.06. The number of aliphatic imine (C=N–C) groups is 2. The number of hydrogen-bond acceptors (Lipinski definition) is 7. The molecule has 7 nitrogen and oxygen atoms in total. The topological polar surface area (TPSA) is 96.4 Å². The fourth-order valence-corrected chi connectivity index (χ4v) is 4.15. The van der Waals surface area contributed by atoms with Crippen molar-refractivity contribution < 1.29 is 5.21 Å². The summed E-state index contributed by atoms with van der Waals surface area (Å²) in [7, 11) is 0. The highest BCUT2D eigenvalue weighted by atomic mass is 16.4. The van der Waals surface area contributed by atoms with Gasteiger partial charge >= 0.3 is 0 Å². The van der Waals surface area contributed by atoms with Crippen molar-refractivity contribution >= 4 is 23.4 Å². The summed E-state index contributed by atoms with van der Waals surface area (Å²) >= 11 is 0. The van der Waals surface area contributed by atoms with Crippen LogP contribution in [0.2, 0.25) is 0 Å². The van der Waals surface area contributed by atoms with E-state index in [0.717, 1.165) is 58.2 Å². The number of amidine groups is 1. The third kappa shape index (κ3) is 4.55. The molecule has 2 aliphatic heterocycles. The van der Waals surface area contributed by atoms with Gasteiger partial charge in [0.1, 0.15) is 5.82 Å². The predicted molar refractivity (Wildman–Crippen MR) is 132 cm³/mol. The van der Waals surface area contributed by atoms with Crippen molar-refractivity contribution in [2.45, 2.75) is 26.2 Å². The first-order chi connectivity index (χ1) is 16.2. The fourth-order valence-electron chi connectivity index (χ4n) is 4.15. The van der Waals surface area contributed by atoms with Crippen LogP contribution >= 0.6 is 0 Å². The van der Waals surface area contributed by atoms with Gasteiger partial charge in [-0.1, -0.05) is 35.5 Å². The maximum atomic E-state index is 9.22. The van der Waals surface area contributed by atoms with Gasteiger partial charge in [0.05, 0.1) is 30.5 Å². The molecule has 1 aromatic rings. The van der Waals surface area contributed by atoms with Crippen LogP contribution in [0.1, 0.15) is 30.9 Å². The van der Waals surface area contributed by atoms with Gasteiger partial charge in [0, 0.05) is 29.2 Å². The summed E-state index contributed by atoms with van der Waals surface area (Å²) in [6.45, 7) is 6.24. The van der Waals surface area contributed by atoms with Crippen molar-refractivity contribution in [3.63, 3.8) is 0 Å². The van der Waals surface area contributed by atoms with Crippen molar-refractivity contribution in [1.29, 1.82) is 5.26 Å². The van der Waals surface area contributed by atoms with Gasteiger partial charge in [-0.3, -0.25) is 14.9 Å². The van der Waals surface area contributed by atoms with Crippen LogP contribution in [0.25, 0.3) is 0 Å². The molecule has 4 rings (SSSR count). The molecule has 3 aliphatic rings. The number of nitrogens with one attached hydrogen (secondary N) is 1. The summed E-state index contributed by atoms with van der Waals surface area (Å²) in [5.74, 6) is 1.41. The van der Waals surface area contributed by atoms with Crippen molar-refractivity contribution in [2.75, 3.05) is 11.9 Å². The molecule has 0 bridgehead atoms. The van der Waals surface area contributed by atoms with E-state index in [4.69, 9.17) is 10.3 Å². The van der Waals surface area contributed by atoms with E-state index in [2.05, 4.69) is 40.3 Å². The number of aryl methyl sites for hydroxylation is 1. The molecule has 166 valence electrons. The highest BCUT2D eigenvalue weighted by Gasteiger charge is 2.25. The molecular formula is C26H26N6O. The molecule has 2 N–H and O–H groups in total. The molecule has 0 amide bonds. The van der Waals surface area contributed by atoms with E-state index in [1.165, 1.54) is 0 Å². The number of oxime groups is 1. The van der Waals surface area contributed by atoms with E-state index in [-0.39, 0.29) is 5.92 Å². The van der Waals surface area contributed by atoms with Gasteiger partial charge in [-0.2, -0.15) is 5.26 Å². The lowest BCUT2D eigenvalue weighted by Crippen LogP contribution is -2.36. The molecule has 0 spiro atoms. The minimum absolute atomic E-state index is 0.300. The Hall–Kier alpha value is -4.18. The second-order valence-corrected chi connectivity index (χ2v) is 7.83. The van der Waals surface area contributed by atoms with Gasteiger partial charge in [-0.25, -0.2) is 0 Å². The summed E-state index contributed by atoms with van der Waals surface area (Å²) in [6.07, 6.45) is 15.3. The number of rotatable bonds is 7. The molecule has 0 aromatic heterocycles. The Kier molecular flexibility index (Phi) is 6.65. The van der Waals surface area contributed by atoms with E-state index in [1.807, 2.05) is 42.3 Å². The highest BCUT2D eigenvalue weighted by molar-refractivity contribution is 6.31. The molecule has 1 atom stereocenters. The number of allylic oxidation sites excluding steroid dienone is 4. The van der Waals surface area contributed by atoms with E-state index >= 15 is 0 Å². The van der Waals surface area contributed by atoms with Crippen molar-refractivity contribution in [3.8, 4) is 6.07 Å². The molecule has 1 aromatic carbocycles.